The van der Waals surface area contributed by atoms with Crippen molar-refractivity contribution in [3.63, 3.8) is 0 Å². The van der Waals surface area contributed by atoms with Crippen LogP contribution in [0.1, 0.15) is 44.5 Å². The van der Waals surface area contributed by atoms with Crippen molar-refractivity contribution in [3.8, 4) is 0 Å². The van der Waals surface area contributed by atoms with Gasteiger partial charge in [-0.15, -0.1) is 0 Å². The highest BCUT2D eigenvalue weighted by Gasteiger charge is 2.18. The lowest BCUT2D eigenvalue weighted by Crippen LogP contribution is -2.19. The normalized spacial score (nSPS) is 14.1. The van der Waals surface area contributed by atoms with Gasteiger partial charge in [-0.1, -0.05) is 6.92 Å². The number of nitrogens with zero attached hydrogens (tertiary/aromatic N) is 1. The van der Waals surface area contributed by atoms with Crippen LogP contribution in [0, 0.1) is 0 Å². The maximum Gasteiger partial charge on any atom is 0.101 e. The molecule has 0 saturated heterocycles. The van der Waals surface area contributed by atoms with Gasteiger partial charge in [0.05, 0.1) is 5.69 Å². The first-order valence-corrected chi connectivity index (χ1v) is 4.89. The van der Waals surface area contributed by atoms with Crippen molar-refractivity contribution in [2.75, 3.05) is 0 Å². The van der Waals surface area contributed by atoms with Gasteiger partial charge in [0, 0.05) is 12.2 Å². The minimum atomic E-state index is -0.899. The Hall–Kier alpha value is -0.930. The Kier molecular flexibility index (Phi) is 3.24. The molecule has 3 N–H and O–H groups in total. The minimum absolute atomic E-state index is 0.0269. The second kappa shape index (κ2) is 4.07. The summed E-state index contributed by atoms with van der Waals surface area (Å²) in [6.45, 7) is 5.47. The van der Waals surface area contributed by atoms with Gasteiger partial charge in [0.15, 0.2) is 0 Å². The lowest BCUT2D eigenvalue weighted by Gasteiger charge is -2.18. The molecule has 0 aliphatic rings. The number of aromatic nitrogens is 1. The number of pyridine rings is 1. The molecule has 0 aromatic carbocycles. The van der Waals surface area contributed by atoms with Gasteiger partial charge in [0.2, 0.25) is 0 Å². The number of rotatable bonds is 3. The van der Waals surface area contributed by atoms with Gasteiger partial charge >= 0.3 is 0 Å². The smallest absolute Gasteiger partial charge is 0.101 e. The van der Waals surface area contributed by atoms with E-state index < -0.39 is 5.60 Å². The molecule has 0 amide bonds. The molecule has 1 aromatic heterocycles. The van der Waals surface area contributed by atoms with Crippen LogP contribution in [-0.2, 0) is 5.60 Å². The monoisotopic (exact) mass is 194 g/mol. The van der Waals surface area contributed by atoms with E-state index >= 15 is 0 Å². The Balaban J connectivity index is 3.01. The third-order valence-electron chi connectivity index (χ3n) is 2.28. The molecule has 3 heteroatoms. The van der Waals surface area contributed by atoms with Gasteiger partial charge in [-0.05, 0) is 38.0 Å². The fourth-order valence-electron chi connectivity index (χ4n) is 1.25. The molecule has 0 unspecified atom stereocenters. The summed E-state index contributed by atoms with van der Waals surface area (Å²) in [5.41, 5.74) is 6.69. The molecule has 0 aliphatic carbocycles. The zero-order chi connectivity index (χ0) is 10.8. The molecule has 78 valence electrons. The van der Waals surface area contributed by atoms with E-state index in [4.69, 9.17) is 5.73 Å². The molecule has 1 aromatic rings. The highest BCUT2D eigenvalue weighted by molar-refractivity contribution is 5.22. The molecular formula is C11H18N2O. The summed E-state index contributed by atoms with van der Waals surface area (Å²) in [6.07, 6.45) is 2.58. The van der Waals surface area contributed by atoms with Crippen LogP contribution in [0.4, 0.5) is 0 Å². The second-order valence-electron chi connectivity index (χ2n) is 4.05. The maximum atomic E-state index is 9.76. The number of nitrogens with two attached hydrogens (primary N) is 1. The second-order valence-corrected chi connectivity index (χ2v) is 4.05. The predicted molar refractivity (Wildman–Crippen MR) is 56.7 cm³/mol. The zero-order valence-electron chi connectivity index (χ0n) is 8.99. The fraction of sp³-hybridized carbons (Fsp3) is 0.545. The summed E-state index contributed by atoms with van der Waals surface area (Å²) in [6, 6.07) is 3.79. The van der Waals surface area contributed by atoms with Crippen molar-refractivity contribution in [1.82, 2.24) is 4.98 Å². The van der Waals surface area contributed by atoms with Crippen molar-refractivity contribution in [2.45, 2.75) is 38.8 Å². The third-order valence-corrected chi connectivity index (χ3v) is 2.28. The highest BCUT2D eigenvalue weighted by atomic mass is 16.3. The molecular weight excluding hydrogens is 176 g/mol. The molecule has 0 bridgehead atoms. The van der Waals surface area contributed by atoms with E-state index in [1.807, 2.05) is 19.1 Å². The average Bonchev–Trinajstić information content (AvgIpc) is 2.15. The summed E-state index contributed by atoms with van der Waals surface area (Å²) in [7, 11) is 0. The quantitative estimate of drug-likeness (QED) is 0.770. The minimum Gasteiger partial charge on any atom is -0.384 e. The van der Waals surface area contributed by atoms with Gasteiger partial charge in [0.1, 0.15) is 5.60 Å². The third kappa shape index (κ3) is 2.53. The molecule has 0 saturated carbocycles. The Morgan fingerprint density at radius 2 is 2.21 bits per heavy atom. The molecule has 0 fully saturated rings. The van der Waals surface area contributed by atoms with Crippen LogP contribution in [-0.4, -0.2) is 10.1 Å². The summed E-state index contributed by atoms with van der Waals surface area (Å²) in [5, 5.41) is 9.76. The first-order valence-electron chi connectivity index (χ1n) is 4.89. The van der Waals surface area contributed by atoms with Crippen LogP contribution < -0.4 is 5.73 Å². The van der Waals surface area contributed by atoms with E-state index in [1.165, 1.54) is 0 Å². The lowest BCUT2D eigenvalue weighted by atomic mass is 9.99. The van der Waals surface area contributed by atoms with E-state index in [2.05, 4.69) is 4.98 Å². The molecule has 0 spiro atoms. The average molecular weight is 194 g/mol. The Bertz CT molecular complexity index is 304. The van der Waals surface area contributed by atoms with E-state index in [0.717, 1.165) is 12.0 Å². The van der Waals surface area contributed by atoms with Gasteiger partial charge in [-0.25, -0.2) is 0 Å². The number of hydrogen-bond donors (Lipinski definition) is 2. The van der Waals surface area contributed by atoms with Gasteiger partial charge in [-0.2, -0.15) is 0 Å². The van der Waals surface area contributed by atoms with Crippen LogP contribution in [0.5, 0.6) is 0 Å². The molecule has 0 radical (unpaired) electrons. The van der Waals surface area contributed by atoms with Gasteiger partial charge < -0.3 is 10.8 Å². The van der Waals surface area contributed by atoms with Crippen LogP contribution >= 0.6 is 0 Å². The molecule has 1 atom stereocenters. The summed E-state index contributed by atoms with van der Waals surface area (Å²) >= 11 is 0. The maximum absolute atomic E-state index is 9.76. The van der Waals surface area contributed by atoms with E-state index in [0.29, 0.717) is 5.69 Å². The number of hydrogen-bond acceptors (Lipinski definition) is 3. The predicted octanol–water partition coefficient (Wildman–Crippen LogP) is 1.72. The van der Waals surface area contributed by atoms with Crippen molar-refractivity contribution in [1.29, 1.82) is 0 Å². The highest BCUT2D eigenvalue weighted by Crippen LogP contribution is 2.21. The van der Waals surface area contributed by atoms with Crippen LogP contribution in [0.15, 0.2) is 18.3 Å². The Morgan fingerprint density at radius 1 is 1.57 bits per heavy atom. The van der Waals surface area contributed by atoms with E-state index in [9.17, 15) is 5.11 Å². The molecule has 3 nitrogen and oxygen atoms in total. The molecule has 1 rings (SSSR count). The number of aliphatic hydroxyl groups is 1. The van der Waals surface area contributed by atoms with Crippen molar-refractivity contribution in [3.05, 3.63) is 29.6 Å². The summed E-state index contributed by atoms with van der Waals surface area (Å²) in [5.74, 6) is 0. The lowest BCUT2D eigenvalue weighted by molar-refractivity contribution is 0.0737. The largest absolute Gasteiger partial charge is 0.384 e. The van der Waals surface area contributed by atoms with Gasteiger partial charge in [-0.3, -0.25) is 4.98 Å². The van der Waals surface area contributed by atoms with Crippen LogP contribution in [0.2, 0.25) is 0 Å². The summed E-state index contributed by atoms with van der Waals surface area (Å²) < 4.78 is 0. The Labute approximate surface area is 85.0 Å². The van der Waals surface area contributed by atoms with Crippen LogP contribution in [0.25, 0.3) is 0 Å². The molecule has 1 heterocycles. The van der Waals surface area contributed by atoms with Crippen molar-refractivity contribution in [2.24, 2.45) is 5.73 Å². The standard InChI is InChI=1S/C11H18N2O/c1-4-9(12)8-5-6-13-10(7-8)11(2,3)14/h5-7,9,14H,4,12H2,1-3H3/t9-/m0/s1. The topological polar surface area (TPSA) is 59.1 Å². The van der Waals surface area contributed by atoms with E-state index in [1.54, 1.807) is 20.0 Å². The first-order chi connectivity index (χ1) is 6.45. The molecule has 0 aliphatic heterocycles. The zero-order valence-corrected chi connectivity index (χ0v) is 8.99. The van der Waals surface area contributed by atoms with E-state index in [-0.39, 0.29) is 6.04 Å². The molecule has 14 heavy (non-hydrogen) atoms. The summed E-state index contributed by atoms with van der Waals surface area (Å²) in [4.78, 5) is 4.12. The fourth-order valence-corrected chi connectivity index (χ4v) is 1.25. The van der Waals surface area contributed by atoms with Crippen LogP contribution in [0.3, 0.4) is 0 Å². The van der Waals surface area contributed by atoms with Gasteiger partial charge in [0.25, 0.3) is 0 Å². The first kappa shape index (κ1) is 11.1. The van der Waals surface area contributed by atoms with Crippen molar-refractivity contribution < 1.29 is 5.11 Å². The SMILES string of the molecule is CC[C@H](N)c1ccnc(C(C)(C)O)c1. The Morgan fingerprint density at radius 3 is 2.71 bits per heavy atom. The van der Waals surface area contributed by atoms with Crippen molar-refractivity contribution >= 4 is 0 Å².